The number of halogens is 2. The van der Waals surface area contributed by atoms with E-state index in [1.807, 2.05) is 4.90 Å². The van der Waals surface area contributed by atoms with Crippen LogP contribution in [0.4, 0.5) is 0 Å². The van der Waals surface area contributed by atoms with Crippen molar-refractivity contribution in [1.29, 1.82) is 0 Å². The number of carbonyl (C=O) groups excluding carboxylic acids is 1. The number of hydrogen-bond donors (Lipinski definition) is 1. The summed E-state index contributed by atoms with van der Waals surface area (Å²) in [6, 6.07) is 5.25. The number of nitrogens with one attached hydrogen (secondary N) is 1. The van der Waals surface area contributed by atoms with Gasteiger partial charge in [0.2, 0.25) is 0 Å². The molecule has 3 nitrogen and oxygen atoms in total. The Morgan fingerprint density at radius 1 is 1.38 bits per heavy atom. The van der Waals surface area contributed by atoms with E-state index in [2.05, 4.69) is 21.2 Å². The molecule has 0 bridgehead atoms. The molecule has 1 fully saturated rings. The smallest absolute Gasteiger partial charge is 0.255 e. The highest BCUT2D eigenvalue weighted by atomic mass is 79.9. The van der Waals surface area contributed by atoms with Gasteiger partial charge in [-0.25, -0.2) is 0 Å². The molecule has 16 heavy (non-hydrogen) atoms. The Balaban J connectivity index is 2.19. The third-order valence-electron chi connectivity index (χ3n) is 2.57. The van der Waals surface area contributed by atoms with Crippen molar-refractivity contribution in [3.63, 3.8) is 0 Å². The zero-order valence-electron chi connectivity index (χ0n) is 8.67. The third-order valence-corrected chi connectivity index (χ3v) is 3.46. The van der Waals surface area contributed by atoms with E-state index < -0.39 is 0 Å². The van der Waals surface area contributed by atoms with Crippen LogP contribution < -0.4 is 5.32 Å². The second-order valence-electron chi connectivity index (χ2n) is 3.67. The highest BCUT2D eigenvalue weighted by molar-refractivity contribution is 9.10. The fourth-order valence-corrected chi connectivity index (χ4v) is 2.55. The average Bonchev–Trinajstić information content (AvgIpc) is 2.29. The zero-order valence-corrected chi connectivity index (χ0v) is 11.0. The predicted octanol–water partition coefficient (Wildman–Crippen LogP) is 2.15. The van der Waals surface area contributed by atoms with Gasteiger partial charge in [-0.3, -0.25) is 4.79 Å². The van der Waals surface area contributed by atoms with Crippen molar-refractivity contribution in [2.75, 3.05) is 26.2 Å². The molecular weight excluding hydrogens is 291 g/mol. The van der Waals surface area contributed by atoms with Crippen molar-refractivity contribution in [3.05, 3.63) is 33.3 Å². The first-order valence-corrected chi connectivity index (χ1v) is 6.30. The maximum atomic E-state index is 12.2. The number of nitrogens with zero attached hydrogens (tertiary/aromatic N) is 1. The molecule has 1 aliphatic rings. The molecule has 2 rings (SSSR count). The summed E-state index contributed by atoms with van der Waals surface area (Å²) in [5.41, 5.74) is 0.673. The van der Waals surface area contributed by atoms with Gasteiger partial charge in [0.15, 0.2) is 0 Å². The molecule has 0 spiro atoms. The Bertz CT molecular complexity index is 405. The topological polar surface area (TPSA) is 32.3 Å². The van der Waals surface area contributed by atoms with Crippen molar-refractivity contribution in [3.8, 4) is 0 Å². The van der Waals surface area contributed by atoms with Gasteiger partial charge < -0.3 is 10.2 Å². The summed E-state index contributed by atoms with van der Waals surface area (Å²) in [4.78, 5) is 14.0. The molecule has 86 valence electrons. The largest absolute Gasteiger partial charge is 0.336 e. The molecule has 1 aliphatic heterocycles. The SMILES string of the molecule is O=C(c1ccc(Cl)cc1Br)N1CCNCC1. The second kappa shape index (κ2) is 5.17. The summed E-state index contributed by atoms with van der Waals surface area (Å²) in [6.45, 7) is 3.23. The first-order valence-electron chi connectivity index (χ1n) is 5.13. The lowest BCUT2D eigenvalue weighted by Crippen LogP contribution is -2.46. The monoisotopic (exact) mass is 302 g/mol. The van der Waals surface area contributed by atoms with Crippen LogP contribution in [0.5, 0.6) is 0 Å². The Labute approximate surface area is 108 Å². The van der Waals surface area contributed by atoms with E-state index in [9.17, 15) is 4.79 Å². The zero-order chi connectivity index (χ0) is 11.5. The Morgan fingerprint density at radius 3 is 2.69 bits per heavy atom. The lowest BCUT2D eigenvalue weighted by Gasteiger charge is -2.27. The second-order valence-corrected chi connectivity index (χ2v) is 4.96. The number of carbonyl (C=O) groups is 1. The Morgan fingerprint density at radius 2 is 2.06 bits per heavy atom. The normalized spacial score (nSPS) is 16.2. The standard InChI is InChI=1S/C11H12BrClN2O/c12-10-7-8(13)1-2-9(10)11(16)15-5-3-14-4-6-15/h1-2,7,14H,3-6H2. The molecule has 1 saturated heterocycles. The van der Waals surface area contributed by atoms with Crippen LogP contribution in [-0.2, 0) is 0 Å². The van der Waals surface area contributed by atoms with Gasteiger partial charge in [0.1, 0.15) is 0 Å². The number of piperazine rings is 1. The maximum Gasteiger partial charge on any atom is 0.255 e. The predicted molar refractivity (Wildman–Crippen MR) is 67.9 cm³/mol. The first-order chi connectivity index (χ1) is 7.68. The van der Waals surface area contributed by atoms with E-state index in [-0.39, 0.29) is 5.91 Å². The van der Waals surface area contributed by atoms with Crippen LogP contribution in [0.2, 0.25) is 5.02 Å². The highest BCUT2D eigenvalue weighted by Gasteiger charge is 2.19. The van der Waals surface area contributed by atoms with Gasteiger partial charge in [-0.1, -0.05) is 11.6 Å². The van der Waals surface area contributed by atoms with Gasteiger partial charge in [-0.2, -0.15) is 0 Å². The summed E-state index contributed by atoms with van der Waals surface area (Å²) < 4.78 is 0.753. The number of rotatable bonds is 1. The lowest BCUT2D eigenvalue weighted by atomic mass is 10.2. The molecule has 1 aromatic rings. The number of amides is 1. The van der Waals surface area contributed by atoms with Gasteiger partial charge in [-0.15, -0.1) is 0 Å². The molecule has 1 heterocycles. The minimum absolute atomic E-state index is 0.0602. The van der Waals surface area contributed by atoms with Crippen molar-refractivity contribution in [1.82, 2.24) is 10.2 Å². The summed E-state index contributed by atoms with van der Waals surface area (Å²) in [5.74, 6) is 0.0602. The van der Waals surface area contributed by atoms with Crippen molar-refractivity contribution in [2.45, 2.75) is 0 Å². The minimum Gasteiger partial charge on any atom is -0.336 e. The van der Waals surface area contributed by atoms with Crippen LogP contribution in [0, 0.1) is 0 Å². The summed E-state index contributed by atoms with van der Waals surface area (Å²) >= 11 is 9.21. The molecule has 5 heteroatoms. The van der Waals surface area contributed by atoms with Gasteiger partial charge >= 0.3 is 0 Å². The molecule has 1 N–H and O–H groups in total. The summed E-state index contributed by atoms with van der Waals surface area (Å²) in [7, 11) is 0. The minimum atomic E-state index is 0.0602. The summed E-state index contributed by atoms with van der Waals surface area (Å²) in [6.07, 6.45) is 0. The van der Waals surface area contributed by atoms with Crippen LogP contribution in [-0.4, -0.2) is 37.0 Å². The van der Waals surface area contributed by atoms with Crippen molar-refractivity contribution in [2.24, 2.45) is 0 Å². The van der Waals surface area contributed by atoms with Crippen molar-refractivity contribution >= 4 is 33.4 Å². The van der Waals surface area contributed by atoms with E-state index >= 15 is 0 Å². The van der Waals surface area contributed by atoms with Gasteiger partial charge in [0, 0.05) is 35.7 Å². The lowest BCUT2D eigenvalue weighted by molar-refractivity contribution is 0.0735. The molecule has 0 radical (unpaired) electrons. The average molecular weight is 304 g/mol. The molecule has 0 aromatic heterocycles. The maximum absolute atomic E-state index is 12.2. The van der Waals surface area contributed by atoms with Gasteiger partial charge in [0.05, 0.1) is 5.56 Å². The first kappa shape index (κ1) is 11.9. The van der Waals surface area contributed by atoms with Crippen LogP contribution >= 0.6 is 27.5 Å². The molecule has 0 atom stereocenters. The van der Waals surface area contributed by atoms with E-state index in [0.717, 1.165) is 30.7 Å². The molecule has 0 aliphatic carbocycles. The molecule has 1 aromatic carbocycles. The number of hydrogen-bond acceptors (Lipinski definition) is 2. The van der Waals surface area contributed by atoms with Crippen LogP contribution in [0.25, 0.3) is 0 Å². The molecule has 1 amide bonds. The number of benzene rings is 1. The third kappa shape index (κ3) is 2.56. The molecule has 0 saturated carbocycles. The fourth-order valence-electron chi connectivity index (χ4n) is 1.70. The van der Waals surface area contributed by atoms with Crippen LogP contribution in [0.3, 0.4) is 0 Å². The van der Waals surface area contributed by atoms with E-state index in [4.69, 9.17) is 11.6 Å². The highest BCUT2D eigenvalue weighted by Crippen LogP contribution is 2.22. The Hall–Kier alpha value is -0.580. The fraction of sp³-hybridized carbons (Fsp3) is 0.364. The van der Waals surface area contributed by atoms with Crippen molar-refractivity contribution < 1.29 is 4.79 Å². The van der Waals surface area contributed by atoms with Crippen LogP contribution in [0.15, 0.2) is 22.7 Å². The molecule has 0 unspecified atom stereocenters. The Kier molecular flexibility index (Phi) is 3.84. The van der Waals surface area contributed by atoms with Gasteiger partial charge in [0.25, 0.3) is 5.91 Å². The van der Waals surface area contributed by atoms with E-state index in [1.54, 1.807) is 18.2 Å². The molecular formula is C11H12BrClN2O. The summed E-state index contributed by atoms with van der Waals surface area (Å²) in [5, 5.41) is 3.85. The quantitative estimate of drug-likeness (QED) is 0.862. The van der Waals surface area contributed by atoms with E-state index in [1.165, 1.54) is 0 Å². The van der Waals surface area contributed by atoms with Gasteiger partial charge in [-0.05, 0) is 34.1 Å². The van der Waals surface area contributed by atoms with E-state index in [0.29, 0.717) is 10.6 Å². The van der Waals surface area contributed by atoms with Crippen LogP contribution in [0.1, 0.15) is 10.4 Å².